The Morgan fingerprint density at radius 1 is 1.36 bits per heavy atom. The molecule has 1 unspecified atom stereocenters. The maximum absolute atomic E-state index is 11.6. The van der Waals surface area contributed by atoms with E-state index in [9.17, 15) is 4.79 Å². The first-order valence-corrected chi connectivity index (χ1v) is 7.93. The number of aromatic nitrogens is 1. The highest BCUT2D eigenvalue weighted by Crippen LogP contribution is 2.37. The summed E-state index contributed by atoms with van der Waals surface area (Å²) in [5.74, 6) is 0.516. The number of nitrogen functional groups attached to an aromatic ring is 2. The number of nitrogens with one attached hydrogen (secondary N) is 2. The van der Waals surface area contributed by atoms with Crippen molar-refractivity contribution in [3.8, 4) is 0 Å². The van der Waals surface area contributed by atoms with Crippen LogP contribution >= 0.6 is 0 Å². The maximum Gasteiger partial charge on any atom is 0.412 e. The van der Waals surface area contributed by atoms with E-state index < -0.39 is 6.09 Å². The van der Waals surface area contributed by atoms with Gasteiger partial charge in [0, 0.05) is 17.3 Å². The number of anilines is 4. The molecule has 0 spiro atoms. The molecular formula is C17H20N6O2. The average molecular weight is 340 g/mol. The van der Waals surface area contributed by atoms with Gasteiger partial charge in [0.15, 0.2) is 5.82 Å². The molecular weight excluding hydrogens is 320 g/mol. The smallest absolute Gasteiger partial charge is 0.412 e. The van der Waals surface area contributed by atoms with Crippen molar-refractivity contribution >= 4 is 40.5 Å². The van der Waals surface area contributed by atoms with E-state index in [2.05, 4.69) is 20.6 Å². The van der Waals surface area contributed by atoms with Gasteiger partial charge in [-0.1, -0.05) is 12.1 Å². The van der Waals surface area contributed by atoms with Gasteiger partial charge in [0.05, 0.1) is 24.0 Å². The molecule has 6 N–H and O–H groups in total. The SMILES string of the molecule is CCOC(=O)Nc1cc2c(c(N)n1)N=C(c1cccc(N)c1)C(C)N2. The summed E-state index contributed by atoms with van der Waals surface area (Å²) in [6.45, 7) is 3.99. The quantitative estimate of drug-likeness (QED) is 0.636. The van der Waals surface area contributed by atoms with Crippen LogP contribution in [0.2, 0.25) is 0 Å². The number of nitrogens with two attached hydrogens (primary N) is 2. The second-order valence-electron chi connectivity index (χ2n) is 5.62. The topological polar surface area (TPSA) is 128 Å². The van der Waals surface area contributed by atoms with Gasteiger partial charge in [0.2, 0.25) is 0 Å². The van der Waals surface area contributed by atoms with E-state index in [0.717, 1.165) is 11.3 Å². The van der Waals surface area contributed by atoms with Gasteiger partial charge < -0.3 is 21.5 Å². The third kappa shape index (κ3) is 3.47. The summed E-state index contributed by atoms with van der Waals surface area (Å²) in [6, 6.07) is 9.12. The predicted molar refractivity (Wildman–Crippen MR) is 99.4 cm³/mol. The van der Waals surface area contributed by atoms with Gasteiger partial charge in [0.1, 0.15) is 11.5 Å². The van der Waals surface area contributed by atoms with Gasteiger partial charge >= 0.3 is 6.09 Å². The van der Waals surface area contributed by atoms with Crippen molar-refractivity contribution in [3.05, 3.63) is 35.9 Å². The largest absolute Gasteiger partial charge is 0.450 e. The molecule has 0 aliphatic carbocycles. The normalized spacial score (nSPS) is 15.6. The highest BCUT2D eigenvalue weighted by Gasteiger charge is 2.23. The van der Waals surface area contributed by atoms with Crippen LogP contribution in [0, 0.1) is 0 Å². The number of carbonyl (C=O) groups is 1. The molecule has 1 aliphatic rings. The Morgan fingerprint density at radius 3 is 2.88 bits per heavy atom. The molecule has 1 atom stereocenters. The van der Waals surface area contributed by atoms with Crippen LogP contribution in [0.4, 0.5) is 33.5 Å². The van der Waals surface area contributed by atoms with Crippen LogP contribution in [0.5, 0.6) is 0 Å². The molecule has 8 heteroatoms. The summed E-state index contributed by atoms with van der Waals surface area (Å²) in [5, 5.41) is 5.87. The number of benzene rings is 1. The Morgan fingerprint density at radius 2 is 2.16 bits per heavy atom. The monoisotopic (exact) mass is 340 g/mol. The van der Waals surface area contributed by atoms with E-state index in [1.54, 1.807) is 13.0 Å². The number of hydrogen-bond acceptors (Lipinski definition) is 7. The molecule has 0 fully saturated rings. The molecule has 25 heavy (non-hydrogen) atoms. The lowest BCUT2D eigenvalue weighted by Gasteiger charge is -2.25. The minimum absolute atomic E-state index is 0.0634. The molecule has 1 amide bonds. The molecule has 0 radical (unpaired) electrons. The van der Waals surface area contributed by atoms with E-state index in [-0.39, 0.29) is 18.5 Å². The van der Waals surface area contributed by atoms with E-state index >= 15 is 0 Å². The van der Waals surface area contributed by atoms with Crippen LogP contribution in [-0.2, 0) is 4.74 Å². The Balaban J connectivity index is 1.97. The summed E-state index contributed by atoms with van der Waals surface area (Å²) in [7, 11) is 0. The summed E-state index contributed by atoms with van der Waals surface area (Å²) in [5.41, 5.74) is 15.5. The fraction of sp³-hybridized carbons (Fsp3) is 0.235. The second-order valence-corrected chi connectivity index (χ2v) is 5.62. The fourth-order valence-corrected chi connectivity index (χ4v) is 2.65. The zero-order valence-corrected chi connectivity index (χ0v) is 14.0. The minimum Gasteiger partial charge on any atom is -0.450 e. The van der Waals surface area contributed by atoms with E-state index in [4.69, 9.17) is 16.2 Å². The molecule has 0 saturated carbocycles. The Kier molecular flexibility index (Phi) is 4.42. The summed E-state index contributed by atoms with van der Waals surface area (Å²) >= 11 is 0. The van der Waals surface area contributed by atoms with Gasteiger partial charge in [0.25, 0.3) is 0 Å². The van der Waals surface area contributed by atoms with Crippen LogP contribution in [0.3, 0.4) is 0 Å². The Hall–Kier alpha value is -3.29. The highest BCUT2D eigenvalue weighted by molar-refractivity contribution is 6.10. The molecule has 1 aromatic heterocycles. The van der Waals surface area contributed by atoms with Gasteiger partial charge in [-0.3, -0.25) is 5.32 Å². The number of fused-ring (bicyclic) bond motifs is 1. The number of amides is 1. The van der Waals surface area contributed by atoms with Crippen molar-refractivity contribution in [2.24, 2.45) is 4.99 Å². The first kappa shape index (κ1) is 16.6. The van der Waals surface area contributed by atoms with Crippen LogP contribution < -0.4 is 22.1 Å². The number of carbonyl (C=O) groups excluding carboxylic acids is 1. The van der Waals surface area contributed by atoms with E-state index in [1.807, 2.05) is 31.2 Å². The Labute approximate surface area is 145 Å². The first-order chi connectivity index (χ1) is 12.0. The zero-order valence-electron chi connectivity index (χ0n) is 14.0. The van der Waals surface area contributed by atoms with Crippen molar-refractivity contribution in [1.82, 2.24) is 4.98 Å². The minimum atomic E-state index is -0.581. The van der Waals surface area contributed by atoms with E-state index in [1.165, 1.54) is 0 Å². The van der Waals surface area contributed by atoms with Gasteiger partial charge in [-0.25, -0.2) is 14.8 Å². The van der Waals surface area contributed by atoms with Gasteiger partial charge in [-0.05, 0) is 26.0 Å². The standard InChI is InChI=1S/C17H20N6O2/c1-3-25-17(24)22-13-8-12-15(16(19)21-13)23-14(9(2)20-12)10-5-4-6-11(18)7-10/h4-9,20H,3,18H2,1-2H3,(H3,19,21,22,24). The van der Waals surface area contributed by atoms with Crippen LogP contribution in [0.15, 0.2) is 35.3 Å². The number of ether oxygens (including phenoxy) is 1. The molecule has 8 nitrogen and oxygen atoms in total. The average Bonchev–Trinajstić information content (AvgIpc) is 2.54. The molecule has 1 aromatic carbocycles. The van der Waals surface area contributed by atoms with Crippen LogP contribution in [0.1, 0.15) is 19.4 Å². The molecule has 3 rings (SSSR count). The number of pyridine rings is 1. The number of nitrogens with zero attached hydrogens (tertiary/aromatic N) is 2. The maximum atomic E-state index is 11.6. The lowest BCUT2D eigenvalue weighted by molar-refractivity contribution is 0.168. The zero-order chi connectivity index (χ0) is 18.0. The van der Waals surface area contributed by atoms with Crippen molar-refractivity contribution < 1.29 is 9.53 Å². The van der Waals surface area contributed by atoms with Crippen LogP contribution in [0.25, 0.3) is 0 Å². The second kappa shape index (κ2) is 6.68. The summed E-state index contributed by atoms with van der Waals surface area (Å²) in [6.07, 6.45) is -0.581. The molecule has 0 bridgehead atoms. The number of hydrogen-bond donors (Lipinski definition) is 4. The molecule has 2 aromatic rings. The van der Waals surface area contributed by atoms with E-state index in [0.29, 0.717) is 22.9 Å². The number of rotatable bonds is 3. The lowest BCUT2D eigenvalue weighted by Crippen LogP contribution is -2.30. The summed E-state index contributed by atoms with van der Waals surface area (Å²) in [4.78, 5) is 20.4. The molecule has 0 saturated heterocycles. The lowest BCUT2D eigenvalue weighted by atomic mass is 10.0. The fourth-order valence-electron chi connectivity index (χ4n) is 2.65. The molecule has 2 heterocycles. The first-order valence-electron chi connectivity index (χ1n) is 7.93. The third-order valence-electron chi connectivity index (χ3n) is 3.72. The highest BCUT2D eigenvalue weighted by atomic mass is 16.5. The molecule has 1 aliphatic heterocycles. The third-order valence-corrected chi connectivity index (χ3v) is 3.72. The van der Waals surface area contributed by atoms with Gasteiger partial charge in [-0.15, -0.1) is 0 Å². The number of aliphatic imine (C=N–C) groups is 1. The van der Waals surface area contributed by atoms with Gasteiger partial charge in [-0.2, -0.15) is 0 Å². The predicted octanol–water partition coefficient (Wildman–Crippen LogP) is 2.75. The summed E-state index contributed by atoms with van der Waals surface area (Å²) < 4.78 is 4.85. The van der Waals surface area contributed by atoms with Crippen molar-refractivity contribution in [2.75, 3.05) is 28.7 Å². The van der Waals surface area contributed by atoms with Crippen molar-refractivity contribution in [3.63, 3.8) is 0 Å². The van der Waals surface area contributed by atoms with Crippen molar-refractivity contribution in [1.29, 1.82) is 0 Å². The Bertz CT molecular complexity index is 849. The molecule has 130 valence electrons. The van der Waals surface area contributed by atoms with Crippen molar-refractivity contribution in [2.45, 2.75) is 19.9 Å². The van der Waals surface area contributed by atoms with Crippen LogP contribution in [-0.4, -0.2) is 29.4 Å².